The first-order chi connectivity index (χ1) is 11.2. The van der Waals surface area contributed by atoms with Gasteiger partial charge in [0.25, 0.3) is 5.91 Å². The molecule has 0 unspecified atom stereocenters. The van der Waals surface area contributed by atoms with E-state index in [1.165, 1.54) is 11.3 Å². The van der Waals surface area contributed by atoms with E-state index < -0.39 is 0 Å². The van der Waals surface area contributed by atoms with Gasteiger partial charge in [-0.15, -0.1) is 0 Å². The van der Waals surface area contributed by atoms with Crippen LogP contribution in [-0.4, -0.2) is 17.5 Å². The smallest absolute Gasteiger partial charge is 0.257 e. The molecule has 3 aromatic rings. The van der Waals surface area contributed by atoms with Crippen LogP contribution in [0.4, 0.5) is 5.13 Å². The number of rotatable bonds is 5. The van der Waals surface area contributed by atoms with Gasteiger partial charge in [-0.25, -0.2) is 4.98 Å². The summed E-state index contributed by atoms with van der Waals surface area (Å²) in [6.07, 6.45) is 1.67. The Morgan fingerprint density at radius 3 is 2.83 bits per heavy atom. The maximum Gasteiger partial charge on any atom is 0.257 e. The van der Waals surface area contributed by atoms with Crippen LogP contribution in [0.2, 0.25) is 5.02 Å². The molecule has 2 aromatic carbocycles. The number of benzene rings is 2. The van der Waals surface area contributed by atoms with Gasteiger partial charge in [0, 0.05) is 10.6 Å². The van der Waals surface area contributed by atoms with E-state index in [1.807, 2.05) is 12.1 Å². The monoisotopic (exact) mass is 344 g/mol. The zero-order chi connectivity index (χ0) is 16.2. The summed E-state index contributed by atoms with van der Waals surface area (Å²) in [5.74, 6) is 0.474. The first-order valence-corrected chi connectivity index (χ1v) is 8.06. The van der Waals surface area contributed by atoms with E-state index in [-0.39, 0.29) is 5.91 Å². The Hall–Kier alpha value is -2.37. The molecule has 0 spiro atoms. The molecule has 1 heterocycles. The normalized spacial score (nSPS) is 10.5. The van der Waals surface area contributed by atoms with Crippen LogP contribution in [0.5, 0.6) is 5.75 Å². The van der Waals surface area contributed by atoms with Crippen molar-refractivity contribution in [2.24, 2.45) is 0 Å². The minimum atomic E-state index is -0.217. The number of anilines is 1. The Bertz CT molecular complexity index is 859. The van der Waals surface area contributed by atoms with E-state index in [4.69, 9.17) is 16.3 Å². The molecule has 0 saturated carbocycles. The van der Waals surface area contributed by atoms with Gasteiger partial charge in [0.2, 0.25) is 0 Å². The molecule has 0 fully saturated rings. The molecular formula is C17H13ClN2O2S. The molecule has 0 atom stereocenters. The van der Waals surface area contributed by atoms with Gasteiger partial charge in [0.15, 0.2) is 5.13 Å². The van der Waals surface area contributed by atoms with Gasteiger partial charge >= 0.3 is 0 Å². The maximum atomic E-state index is 12.3. The van der Waals surface area contributed by atoms with Crippen molar-refractivity contribution in [3.8, 4) is 5.75 Å². The summed E-state index contributed by atoms with van der Waals surface area (Å²) in [4.78, 5) is 16.6. The third-order valence-corrected chi connectivity index (χ3v) is 4.22. The highest BCUT2D eigenvalue weighted by Gasteiger charge is 2.10. The summed E-state index contributed by atoms with van der Waals surface area (Å²) in [6, 6.07) is 12.3. The first kappa shape index (κ1) is 15.5. The lowest BCUT2D eigenvalue weighted by Gasteiger charge is -2.05. The van der Waals surface area contributed by atoms with Crippen molar-refractivity contribution in [2.75, 3.05) is 11.9 Å². The number of aromatic nitrogens is 1. The number of nitrogens with zero attached hydrogens (tertiary/aromatic N) is 1. The Kier molecular flexibility index (Phi) is 4.60. The number of carbonyl (C=O) groups excluding carboxylic acids is 1. The zero-order valence-electron chi connectivity index (χ0n) is 12.1. The van der Waals surface area contributed by atoms with E-state index in [2.05, 4.69) is 16.9 Å². The highest BCUT2D eigenvalue weighted by molar-refractivity contribution is 7.22. The Morgan fingerprint density at radius 1 is 1.30 bits per heavy atom. The van der Waals surface area contributed by atoms with Crippen LogP contribution in [-0.2, 0) is 0 Å². The largest absolute Gasteiger partial charge is 0.490 e. The molecule has 0 radical (unpaired) electrons. The maximum absolute atomic E-state index is 12.3. The van der Waals surface area contributed by atoms with Crippen molar-refractivity contribution < 1.29 is 9.53 Å². The van der Waals surface area contributed by atoms with E-state index >= 15 is 0 Å². The Balaban J connectivity index is 1.73. The topological polar surface area (TPSA) is 51.2 Å². The molecule has 6 heteroatoms. The summed E-state index contributed by atoms with van der Waals surface area (Å²) in [5, 5.41) is 3.99. The van der Waals surface area contributed by atoms with Gasteiger partial charge in [-0.05, 0) is 42.5 Å². The molecule has 1 amide bonds. The third-order valence-electron chi connectivity index (χ3n) is 3.06. The molecular weight excluding hydrogens is 332 g/mol. The van der Waals surface area contributed by atoms with Crippen molar-refractivity contribution in [3.63, 3.8) is 0 Å². The highest BCUT2D eigenvalue weighted by atomic mass is 35.5. The predicted octanol–water partition coefficient (Wildman–Crippen LogP) is 4.77. The summed E-state index contributed by atoms with van der Waals surface area (Å²) in [5.41, 5.74) is 1.34. The molecule has 0 saturated heterocycles. The van der Waals surface area contributed by atoms with Crippen LogP contribution < -0.4 is 10.1 Å². The van der Waals surface area contributed by atoms with Gasteiger partial charge in [0.05, 0.1) is 10.2 Å². The van der Waals surface area contributed by atoms with Crippen molar-refractivity contribution in [1.82, 2.24) is 4.98 Å². The molecule has 23 heavy (non-hydrogen) atoms. The van der Waals surface area contributed by atoms with Crippen molar-refractivity contribution in [3.05, 3.63) is 65.7 Å². The quantitative estimate of drug-likeness (QED) is 0.678. The molecule has 4 nitrogen and oxygen atoms in total. The number of fused-ring (bicyclic) bond motifs is 1. The average Bonchev–Trinajstić information content (AvgIpc) is 2.94. The van der Waals surface area contributed by atoms with Crippen LogP contribution in [0.1, 0.15) is 10.4 Å². The summed E-state index contributed by atoms with van der Waals surface area (Å²) >= 11 is 7.34. The standard InChI is InChI=1S/C17H13ClN2O2S/c1-2-9-22-13-6-3-11(4-7-13)16(21)20-17-19-14-8-5-12(18)10-15(14)23-17/h2-8,10H,1,9H2,(H,19,20,21). The van der Waals surface area contributed by atoms with Crippen LogP contribution >= 0.6 is 22.9 Å². The van der Waals surface area contributed by atoms with E-state index in [0.717, 1.165) is 10.2 Å². The second-order valence-electron chi connectivity index (χ2n) is 4.71. The molecule has 3 rings (SSSR count). The Morgan fingerprint density at radius 2 is 2.09 bits per heavy atom. The summed E-state index contributed by atoms with van der Waals surface area (Å²) in [6.45, 7) is 4.02. The number of nitrogens with one attached hydrogen (secondary N) is 1. The van der Waals surface area contributed by atoms with Crippen LogP contribution in [0.15, 0.2) is 55.1 Å². The fourth-order valence-corrected chi connectivity index (χ4v) is 3.12. The average molecular weight is 345 g/mol. The van der Waals surface area contributed by atoms with Gasteiger partial charge in [-0.3, -0.25) is 10.1 Å². The fraction of sp³-hybridized carbons (Fsp3) is 0.0588. The SMILES string of the molecule is C=CCOc1ccc(C(=O)Nc2nc3ccc(Cl)cc3s2)cc1. The number of ether oxygens (including phenoxy) is 1. The molecule has 1 aromatic heterocycles. The van der Waals surface area contributed by atoms with Gasteiger partial charge in [-0.2, -0.15) is 0 Å². The second kappa shape index (κ2) is 6.81. The van der Waals surface area contributed by atoms with E-state index in [0.29, 0.717) is 28.1 Å². The number of hydrogen-bond donors (Lipinski definition) is 1. The lowest BCUT2D eigenvalue weighted by Crippen LogP contribution is -2.11. The van der Waals surface area contributed by atoms with Crippen LogP contribution in [0.25, 0.3) is 10.2 Å². The number of halogens is 1. The summed E-state index contributed by atoms with van der Waals surface area (Å²) < 4.78 is 6.32. The third kappa shape index (κ3) is 3.70. The van der Waals surface area contributed by atoms with Crippen molar-refractivity contribution >= 4 is 44.2 Å². The molecule has 1 N–H and O–H groups in total. The van der Waals surface area contributed by atoms with Crippen LogP contribution in [0.3, 0.4) is 0 Å². The first-order valence-electron chi connectivity index (χ1n) is 6.87. The van der Waals surface area contributed by atoms with Crippen molar-refractivity contribution in [2.45, 2.75) is 0 Å². The van der Waals surface area contributed by atoms with E-state index in [1.54, 1.807) is 36.4 Å². The minimum absolute atomic E-state index is 0.217. The second-order valence-corrected chi connectivity index (χ2v) is 6.18. The Labute approximate surface area is 142 Å². The van der Waals surface area contributed by atoms with Gasteiger partial charge in [-0.1, -0.05) is 35.6 Å². The van der Waals surface area contributed by atoms with Crippen LogP contribution in [0, 0.1) is 0 Å². The predicted molar refractivity (Wildman–Crippen MR) is 94.7 cm³/mol. The molecule has 0 aliphatic heterocycles. The number of amides is 1. The fourth-order valence-electron chi connectivity index (χ4n) is 1.98. The number of thiazole rings is 1. The van der Waals surface area contributed by atoms with Gasteiger partial charge < -0.3 is 4.74 Å². The highest BCUT2D eigenvalue weighted by Crippen LogP contribution is 2.28. The minimum Gasteiger partial charge on any atom is -0.490 e. The number of hydrogen-bond acceptors (Lipinski definition) is 4. The summed E-state index contributed by atoms with van der Waals surface area (Å²) in [7, 11) is 0. The zero-order valence-corrected chi connectivity index (χ0v) is 13.7. The molecule has 116 valence electrons. The number of carbonyl (C=O) groups is 1. The van der Waals surface area contributed by atoms with Gasteiger partial charge in [0.1, 0.15) is 12.4 Å². The van der Waals surface area contributed by atoms with E-state index in [9.17, 15) is 4.79 Å². The molecule has 0 aliphatic carbocycles. The molecule has 0 bridgehead atoms. The lowest BCUT2D eigenvalue weighted by atomic mass is 10.2. The lowest BCUT2D eigenvalue weighted by molar-refractivity contribution is 0.102. The molecule has 0 aliphatic rings. The van der Waals surface area contributed by atoms with Crippen molar-refractivity contribution in [1.29, 1.82) is 0 Å².